The molecule has 1 fully saturated rings. The summed E-state index contributed by atoms with van der Waals surface area (Å²) >= 11 is 4.31. The van der Waals surface area contributed by atoms with Crippen molar-refractivity contribution in [2.45, 2.75) is 30.6 Å². The van der Waals surface area contributed by atoms with Gasteiger partial charge < -0.3 is 5.32 Å². The van der Waals surface area contributed by atoms with Gasteiger partial charge in [0.15, 0.2) is 0 Å². The van der Waals surface area contributed by atoms with Gasteiger partial charge in [0.1, 0.15) is 5.84 Å². The monoisotopic (exact) mass is 287 g/mol. The van der Waals surface area contributed by atoms with Crippen LogP contribution >= 0.6 is 12.6 Å². The Morgan fingerprint density at radius 1 is 1.15 bits per heavy atom. The standard InChI is InChI=1S/C16H21N3S/c20-14-4-2-13(3-5-14)15-11-18-16(19-15)6-1-12-7-9-17-10-8-12/h2-5,12,17,20H,1,6-11H2. The summed E-state index contributed by atoms with van der Waals surface area (Å²) in [6.45, 7) is 3.07. The Hall–Kier alpha value is -1.13. The van der Waals surface area contributed by atoms with Gasteiger partial charge in [0.2, 0.25) is 0 Å². The van der Waals surface area contributed by atoms with Crippen molar-refractivity contribution >= 4 is 24.2 Å². The summed E-state index contributed by atoms with van der Waals surface area (Å²) < 4.78 is 0. The number of piperidine rings is 1. The minimum absolute atomic E-state index is 0.730. The van der Waals surface area contributed by atoms with Crippen LogP contribution in [0.25, 0.3) is 0 Å². The maximum Gasteiger partial charge on any atom is 0.124 e. The summed E-state index contributed by atoms with van der Waals surface area (Å²) in [5.41, 5.74) is 2.27. The van der Waals surface area contributed by atoms with Gasteiger partial charge >= 0.3 is 0 Å². The molecule has 1 aromatic rings. The zero-order valence-electron chi connectivity index (χ0n) is 11.7. The Bertz CT molecular complexity index is 513. The molecular formula is C16H21N3S. The molecule has 0 aromatic heterocycles. The summed E-state index contributed by atoms with van der Waals surface area (Å²) in [4.78, 5) is 10.3. The van der Waals surface area contributed by atoms with Crippen LogP contribution in [0.4, 0.5) is 0 Å². The molecule has 2 aliphatic heterocycles. The first-order valence-electron chi connectivity index (χ1n) is 7.42. The van der Waals surface area contributed by atoms with Crippen LogP contribution in [0.2, 0.25) is 0 Å². The number of hydrogen-bond acceptors (Lipinski definition) is 4. The SMILES string of the molecule is Sc1ccc(C2=NC(CCC3CCNCC3)=NC2)cc1. The molecule has 0 amide bonds. The second-order valence-corrected chi connectivity index (χ2v) is 6.09. The van der Waals surface area contributed by atoms with Crippen molar-refractivity contribution in [1.82, 2.24) is 5.32 Å². The first-order chi connectivity index (χ1) is 9.81. The smallest absolute Gasteiger partial charge is 0.124 e. The van der Waals surface area contributed by atoms with Gasteiger partial charge in [-0.2, -0.15) is 0 Å². The lowest BCUT2D eigenvalue weighted by molar-refractivity contribution is 0.358. The zero-order chi connectivity index (χ0) is 13.8. The molecule has 20 heavy (non-hydrogen) atoms. The highest BCUT2D eigenvalue weighted by Crippen LogP contribution is 2.20. The van der Waals surface area contributed by atoms with E-state index < -0.39 is 0 Å². The van der Waals surface area contributed by atoms with Crippen molar-refractivity contribution < 1.29 is 0 Å². The van der Waals surface area contributed by atoms with Crippen molar-refractivity contribution in [2.24, 2.45) is 15.9 Å². The molecule has 1 saturated heterocycles. The van der Waals surface area contributed by atoms with Crippen molar-refractivity contribution in [1.29, 1.82) is 0 Å². The second kappa shape index (κ2) is 6.55. The lowest BCUT2D eigenvalue weighted by atomic mass is 9.93. The topological polar surface area (TPSA) is 36.8 Å². The molecule has 0 saturated carbocycles. The third-order valence-corrected chi connectivity index (χ3v) is 4.41. The maximum absolute atomic E-state index is 4.70. The minimum Gasteiger partial charge on any atom is -0.317 e. The third-order valence-electron chi connectivity index (χ3n) is 4.11. The van der Waals surface area contributed by atoms with E-state index >= 15 is 0 Å². The van der Waals surface area contributed by atoms with Crippen LogP contribution in [0.1, 0.15) is 31.2 Å². The molecule has 0 spiro atoms. The van der Waals surface area contributed by atoms with Crippen LogP contribution in [0.3, 0.4) is 0 Å². The quantitative estimate of drug-likeness (QED) is 0.821. The number of amidine groups is 1. The molecule has 3 nitrogen and oxygen atoms in total. The van der Waals surface area contributed by atoms with Crippen molar-refractivity contribution in [3.05, 3.63) is 29.8 Å². The summed E-state index contributed by atoms with van der Waals surface area (Å²) in [6.07, 6.45) is 4.85. The number of benzene rings is 1. The van der Waals surface area contributed by atoms with Gasteiger partial charge in [0.05, 0.1) is 12.3 Å². The molecule has 3 rings (SSSR count). The summed E-state index contributed by atoms with van der Waals surface area (Å²) in [7, 11) is 0. The summed E-state index contributed by atoms with van der Waals surface area (Å²) in [5.74, 6) is 1.88. The van der Waals surface area contributed by atoms with Crippen LogP contribution in [0, 0.1) is 5.92 Å². The summed E-state index contributed by atoms with van der Waals surface area (Å²) in [5, 5.41) is 3.41. The van der Waals surface area contributed by atoms with Gasteiger partial charge in [-0.05, 0) is 56.0 Å². The Morgan fingerprint density at radius 3 is 2.65 bits per heavy atom. The van der Waals surface area contributed by atoms with Crippen LogP contribution < -0.4 is 5.32 Å². The zero-order valence-corrected chi connectivity index (χ0v) is 12.6. The van der Waals surface area contributed by atoms with E-state index in [1.54, 1.807) is 0 Å². The number of nitrogens with zero attached hydrogens (tertiary/aromatic N) is 2. The fraction of sp³-hybridized carbons (Fsp3) is 0.500. The lowest BCUT2D eigenvalue weighted by Crippen LogP contribution is -2.27. The molecular weight excluding hydrogens is 266 g/mol. The summed E-state index contributed by atoms with van der Waals surface area (Å²) in [6, 6.07) is 8.17. The molecule has 1 aromatic carbocycles. The molecule has 2 aliphatic rings. The molecule has 2 heterocycles. The normalized spacial score (nSPS) is 19.9. The van der Waals surface area contributed by atoms with E-state index in [2.05, 4.69) is 35.1 Å². The second-order valence-electron chi connectivity index (χ2n) is 5.57. The van der Waals surface area contributed by atoms with Crippen LogP contribution in [-0.2, 0) is 0 Å². The van der Waals surface area contributed by atoms with Gasteiger partial charge in [-0.3, -0.25) is 4.99 Å². The Morgan fingerprint density at radius 2 is 1.90 bits per heavy atom. The molecule has 0 unspecified atom stereocenters. The Labute approximate surface area is 126 Å². The minimum atomic E-state index is 0.730. The van der Waals surface area contributed by atoms with Crippen LogP contribution in [0.15, 0.2) is 39.1 Å². The number of aliphatic imine (C=N–C) groups is 2. The Balaban J connectivity index is 1.55. The molecule has 1 N–H and O–H groups in total. The molecule has 0 atom stereocenters. The van der Waals surface area contributed by atoms with E-state index in [1.165, 1.54) is 37.9 Å². The van der Waals surface area contributed by atoms with Crippen molar-refractivity contribution in [3.8, 4) is 0 Å². The van der Waals surface area contributed by atoms with E-state index in [0.29, 0.717) is 0 Å². The molecule has 0 aliphatic carbocycles. The number of thiol groups is 1. The van der Waals surface area contributed by atoms with Crippen LogP contribution in [-0.4, -0.2) is 31.2 Å². The van der Waals surface area contributed by atoms with E-state index in [0.717, 1.165) is 35.3 Å². The third kappa shape index (κ3) is 3.49. The highest BCUT2D eigenvalue weighted by atomic mass is 32.1. The average Bonchev–Trinajstić information content (AvgIpc) is 2.96. The first-order valence-corrected chi connectivity index (χ1v) is 7.87. The van der Waals surface area contributed by atoms with E-state index in [-0.39, 0.29) is 0 Å². The lowest BCUT2D eigenvalue weighted by Gasteiger charge is -2.21. The fourth-order valence-corrected chi connectivity index (χ4v) is 2.99. The van der Waals surface area contributed by atoms with E-state index in [1.807, 2.05) is 12.1 Å². The van der Waals surface area contributed by atoms with Crippen molar-refractivity contribution in [2.75, 3.05) is 19.6 Å². The van der Waals surface area contributed by atoms with E-state index in [9.17, 15) is 0 Å². The van der Waals surface area contributed by atoms with Gasteiger partial charge in [0.25, 0.3) is 0 Å². The predicted molar refractivity (Wildman–Crippen MR) is 87.4 cm³/mol. The predicted octanol–water partition coefficient (Wildman–Crippen LogP) is 2.96. The molecule has 4 heteroatoms. The molecule has 0 bridgehead atoms. The first kappa shape index (κ1) is 13.8. The highest BCUT2D eigenvalue weighted by Gasteiger charge is 2.16. The van der Waals surface area contributed by atoms with Crippen molar-refractivity contribution in [3.63, 3.8) is 0 Å². The largest absolute Gasteiger partial charge is 0.317 e. The number of nitrogens with one attached hydrogen (secondary N) is 1. The number of hydrogen-bond donors (Lipinski definition) is 2. The average molecular weight is 287 g/mol. The van der Waals surface area contributed by atoms with E-state index in [4.69, 9.17) is 4.99 Å². The number of rotatable bonds is 4. The highest BCUT2D eigenvalue weighted by molar-refractivity contribution is 7.80. The van der Waals surface area contributed by atoms with Crippen LogP contribution in [0.5, 0.6) is 0 Å². The molecule has 106 valence electrons. The van der Waals surface area contributed by atoms with Gasteiger partial charge in [-0.15, -0.1) is 12.6 Å². The maximum atomic E-state index is 4.70. The fourth-order valence-electron chi connectivity index (χ4n) is 2.84. The Kier molecular flexibility index (Phi) is 4.53. The van der Waals surface area contributed by atoms with Gasteiger partial charge in [-0.1, -0.05) is 12.1 Å². The van der Waals surface area contributed by atoms with Gasteiger partial charge in [0, 0.05) is 11.3 Å². The molecule has 0 radical (unpaired) electrons. The van der Waals surface area contributed by atoms with Gasteiger partial charge in [-0.25, -0.2) is 4.99 Å².